The number of hydrogen-bond donors (Lipinski definition) is 2. The van der Waals surface area contributed by atoms with E-state index >= 15 is 0 Å². The summed E-state index contributed by atoms with van der Waals surface area (Å²) in [5.41, 5.74) is -1.96. The van der Waals surface area contributed by atoms with Crippen LogP contribution < -0.4 is 9.46 Å². The van der Waals surface area contributed by atoms with Gasteiger partial charge in [0.15, 0.2) is 0 Å². The van der Waals surface area contributed by atoms with Crippen molar-refractivity contribution >= 4 is 21.7 Å². The summed E-state index contributed by atoms with van der Waals surface area (Å²) in [4.78, 5) is 14.4. The first kappa shape index (κ1) is 23.5. The van der Waals surface area contributed by atoms with Crippen molar-refractivity contribution in [3.8, 4) is 5.88 Å². The van der Waals surface area contributed by atoms with Crippen molar-refractivity contribution in [1.29, 1.82) is 0 Å². The number of nitrogens with one attached hydrogen (secondary N) is 1. The molecule has 11 heteroatoms. The SMILES string of the molecule is CCC(C)(C)c1cnc(OC)c(NS(=O)(=O)c2cc(C(=O)O)cc(C(F)(F)F)c2)c1. The lowest BCUT2D eigenvalue weighted by molar-refractivity contribution is -0.137. The molecule has 1 heterocycles. The molecular weight excluding hydrogens is 425 g/mol. The van der Waals surface area contributed by atoms with Crippen LogP contribution in [0.5, 0.6) is 5.88 Å². The van der Waals surface area contributed by atoms with Crippen LogP contribution in [0.1, 0.15) is 48.7 Å². The first-order valence-corrected chi connectivity index (χ1v) is 10.2. The number of halogens is 3. The van der Waals surface area contributed by atoms with Gasteiger partial charge in [-0.2, -0.15) is 13.2 Å². The molecule has 0 radical (unpaired) electrons. The number of carbonyl (C=O) groups is 1. The second-order valence-corrected chi connectivity index (χ2v) is 8.86. The Morgan fingerprint density at radius 3 is 2.30 bits per heavy atom. The van der Waals surface area contributed by atoms with E-state index in [-0.39, 0.29) is 17.0 Å². The van der Waals surface area contributed by atoms with Crippen LogP contribution in [0.4, 0.5) is 18.9 Å². The average Bonchev–Trinajstić information content (AvgIpc) is 2.66. The lowest BCUT2D eigenvalue weighted by Crippen LogP contribution is -2.19. The molecule has 0 saturated heterocycles. The third-order valence-electron chi connectivity index (χ3n) is 4.75. The predicted octanol–water partition coefficient (Wildman–Crippen LogP) is 4.30. The van der Waals surface area contributed by atoms with Gasteiger partial charge in [0.2, 0.25) is 5.88 Å². The van der Waals surface area contributed by atoms with E-state index in [0.717, 1.165) is 0 Å². The lowest BCUT2D eigenvalue weighted by atomic mass is 9.83. The second-order valence-electron chi connectivity index (χ2n) is 7.17. The topological polar surface area (TPSA) is 106 Å². The van der Waals surface area contributed by atoms with Gasteiger partial charge in [0.05, 0.1) is 23.1 Å². The molecule has 164 valence electrons. The van der Waals surface area contributed by atoms with Gasteiger partial charge in [-0.3, -0.25) is 4.72 Å². The van der Waals surface area contributed by atoms with Gasteiger partial charge >= 0.3 is 12.1 Å². The molecule has 1 aromatic heterocycles. The third kappa shape index (κ3) is 5.02. The van der Waals surface area contributed by atoms with Crippen molar-refractivity contribution in [2.24, 2.45) is 0 Å². The number of nitrogens with zero attached hydrogens (tertiary/aromatic N) is 1. The Bertz CT molecular complexity index is 1070. The number of alkyl halides is 3. The van der Waals surface area contributed by atoms with Gasteiger partial charge in [-0.05, 0) is 41.7 Å². The second kappa shape index (κ2) is 8.13. The number of carboxylic acid groups (broad SMARTS) is 1. The van der Waals surface area contributed by atoms with Crippen LogP contribution in [0.2, 0.25) is 0 Å². The smallest absolute Gasteiger partial charge is 0.416 e. The minimum absolute atomic E-state index is 0.0780. The van der Waals surface area contributed by atoms with Gasteiger partial charge in [0.25, 0.3) is 10.0 Å². The van der Waals surface area contributed by atoms with E-state index in [4.69, 9.17) is 9.84 Å². The Hall–Kier alpha value is -2.82. The third-order valence-corrected chi connectivity index (χ3v) is 6.09. The van der Waals surface area contributed by atoms with Crippen LogP contribution in [-0.4, -0.2) is 31.6 Å². The van der Waals surface area contributed by atoms with E-state index in [0.29, 0.717) is 30.2 Å². The molecular formula is C19H21F3N2O5S. The molecule has 0 aliphatic rings. The highest BCUT2D eigenvalue weighted by Crippen LogP contribution is 2.35. The highest BCUT2D eigenvalue weighted by atomic mass is 32.2. The minimum Gasteiger partial charge on any atom is -0.480 e. The van der Waals surface area contributed by atoms with Crippen LogP contribution >= 0.6 is 0 Å². The molecule has 2 N–H and O–H groups in total. The summed E-state index contributed by atoms with van der Waals surface area (Å²) in [6, 6.07) is 2.88. The van der Waals surface area contributed by atoms with E-state index in [9.17, 15) is 26.4 Å². The Kier molecular flexibility index (Phi) is 6.36. The normalized spacial score (nSPS) is 12.5. The van der Waals surface area contributed by atoms with Crippen LogP contribution in [0, 0.1) is 0 Å². The summed E-state index contributed by atoms with van der Waals surface area (Å²) >= 11 is 0. The Morgan fingerprint density at radius 2 is 1.80 bits per heavy atom. The van der Waals surface area contributed by atoms with Gasteiger partial charge in [0.1, 0.15) is 5.69 Å². The molecule has 0 atom stereocenters. The van der Waals surface area contributed by atoms with Crippen molar-refractivity contribution in [2.45, 2.75) is 43.7 Å². The summed E-state index contributed by atoms with van der Waals surface area (Å²) < 4.78 is 72.2. The van der Waals surface area contributed by atoms with Gasteiger partial charge in [-0.15, -0.1) is 0 Å². The molecule has 0 spiro atoms. The zero-order valence-electron chi connectivity index (χ0n) is 16.7. The van der Waals surface area contributed by atoms with E-state index < -0.39 is 38.2 Å². The maximum Gasteiger partial charge on any atom is 0.416 e. The van der Waals surface area contributed by atoms with Crippen LogP contribution in [0.25, 0.3) is 0 Å². The molecule has 0 bridgehead atoms. The average molecular weight is 446 g/mol. The zero-order chi connectivity index (χ0) is 22.9. The fourth-order valence-corrected chi connectivity index (χ4v) is 3.63. The summed E-state index contributed by atoms with van der Waals surface area (Å²) in [5.74, 6) is -1.77. The predicted molar refractivity (Wildman–Crippen MR) is 103 cm³/mol. The van der Waals surface area contributed by atoms with Crippen molar-refractivity contribution in [2.75, 3.05) is 11.8 Å². The molecule has 0 aliphatic heterocycles. The molecule has 0 saturated carbocycles. The molecule has 2 rings (SSSR count). The van der Waals surface area contributed by atoms with E-state index in [1.807, 2.05) is 20.8 Å². The number of pyridine rings is 1. The molecule has 2 aromatic rings. The van der Waals surface area contributed by atoms with E-state index in [1.54, 1.807) is 0 Å². The molecule has 7 nitrogen and oxygen atoms in total. The van der Waals surface area contributed by atoms with E-state index in [2.05, 4.69) is 9.71 Å². The molecule has 0 amide bonds. The zero-order valence-corrected chi connectivity index (χ0v) is 17.5. The summed E-state index contributed by atoms with van der Waals surface area (Å²) in [7, 11) is -3.33. The summed E-state index contributed by atoms with van der Waals surface area (Å²) in [6.07, 6.45) is -2.70. The standard InChI is InChI=1S/C19H21F3N2O5S/c1-5-18(2,3)13-9-15(16(29-4)23-10-13)24-30(27,28)14-7-11(17(25)26)6-12(8-14)19(20,21)22/h6-10,24H,5H2,1-4H3,(H,25,26). The molecule has 0 unspecified atom stereocenters. The number of aromatic nitrogens is 1. The van der Waals surface area contributed by atoms with Crippen LogP contribution in [0.3, 0.4) is 0 Å². The first-order chi connectivity index (χ1) is 13.7. The van der Waals surface area contributed by atoms with Gasteiger partial charge in [-0.25, -0.2) is 18.2 Å². The van der Waals surface area contributed by atoms with Crippen molar-refractivity contribution in [3.05, 3.63) is 47.2 Å². The largest absolute Gasteiger partial charge is 0.480 e. The number of carboxylic acids is 1. The number of anilines is 1. The monoisotopic (exact) mass is 446 g/mol. The Morgan fingerprint density at radius 1 is 1.17 bits per heavy atom. The first-order valence-electron chi connectivity index (χ1n) is 8.74. The van der Waals surface area contributed by atoms with Gasteiger partial charge in [-0.1, -0.05) is 20.8 Å². The summed E-state index contributed by atoms with van der Waals surface area (Å²) in [5, 5.41) is 9.08. The fourth-order valence-electron chi connectivity index (χ4n) is 2.51. The number of rotatable bonds is 7. The number of ether oxygens (including phenoxy) is 1. The maximum absolute atomic E-state index is 13.1. The number of sulfonamides is 1. The number of methoxy groups -OCH3 is 1. The Labute approximate surface area is 172 Å². The van der Waals surface area contributed by atoms with E-state index in [1.165, 1.54) is 19.4 Å². The summed E-state index contributed by atoms with van der Waals surface area (Å²) in [6.45, 7) is 5.77. The molecule has 0 fully saturated rings. The van der Waals surface area contributed by atoms with Gasteiger partial charge in [0, 0.05) is 6.20 Å². The maximum atomic E-state index is 13.1. The Balaban J connectivity index is 2.60. The highest BCUT2D eigenvalue weighted by molar-refractivity contribution is 7.92. The molecule has 1 aromatic carbocycles. The van der Waals surface area contributed by atoms with Gasteiger partial charge < -0.3 is 9.84 Å². The number of hydrogen-bond acceptors (Lipinski definition) is 5. The fraction of sp³-hybridized carbons (Fsp3) is 0.368. The quantitative estimate of drug-likeness (QED) is 0.657. The van der Waals surface area contributed by atoms with Crippen molar-refractivity contribution < 1.29 is 36.2 Å². The minimum atomic E-state index is -4.93. The number of aromatic carboxylic acids is 1. The van der Waals surface area contributed by atoms with Crippen molar-refractivity contribution in [3.63, 3.8) is 0 Å². The molecule has 0 aliphatic carbocycles. The lowest BCUT2D eigenvalue weighted by Gasteiger charge is -2.24. The van der Waals surface area contributed by atoms with Crippen molar-refractivity contribution in [1.82, 2.24) is 4.98 Å². The molecule has 30 heavy (non-hydrogen) atoms. The number of benzene rings is 1. The van der Waals surface area contributed by atoms with Crippen LogP contribution in [-0.2, 0) is 21.6 Å². The highest BCUT2D eigenvalue weighted by Gasteiger charge is 2.33. The van der Waals surface area contributed by atoms with Crippen LogP contribution in [0.15, 0.2) is 35.4 Å².